The zero-order valence-electron chi connectivity index (χ0n) is 10.2. The van der Waals surface area contributed by atoms with Crippen molar-refractivity contribution in [3.05, 3.63) is 30.1 Å². The quantitative estimate of drug-likeness (QED) is 0.841. The minimum absolute atomic E-state index is 0.240. The Hall–Kier alpha value is -1.42. The Bertz CT molecular complexity index is 366. The molecule has 1 aliphatic rings. The second-order valence-corrected chi connectivity index (χ2v) is 4.46. The highest BCUT2D eigenvalue weighted by molar-refractivity contribution is 5.76. The smallest absolute Gasteiger partial charge is 0.223 e. The molecule has 17 heavy (non-hydrogen) atoms. The average Bonchev–Trinajstić information content (AvgIpc) is 2.38. The topological polar surface area (TPSA) is 45.2 Å². The van der Waals surface area contributed by atoms with E-state index in [0.29, 0.717) is 12.5 Å². The van der Waals surface area contributed by atoms with Crippen molar-refractivity contribution >= 4 is 5.91 Å². The van der Waals surface area contributed by atoms with Crippen LogP contribution < -0.4 is 5.32 Å². The first-order chi connectivity index (χ1) is 8.27. The van der Waals surface area contributed by atoms with Crippen molar-refractivity contribution in [2.45, 2.75) is 25.8 Å². The highest BCUT2D eigenvalue weighted by Gasteiger charge is 2.22. The summed E-state index contributed by atoms with van der Waals surface area (Å²) in [6, 6.07) is 6.12. The molecular formula is C13H19N3O. The molecule has 92 valence electrons. The van der Waals surface area contributed by atoms with Gasteiger partial charge in [-0.2, -0.15) is 0 Å². The van der Waals surface area contributed by atoms with Crippen molar-refractivity contribution < 1.29 is 4.79 Å². The summed E-state index contributed by atoms with van der Waals surface area (Å²) in [5, 5.41) is 3.29. The maximum atomic E-state index is 12.1. The van der Waals surface area contributed by atoms with E-state index in [1.54, 1.807) is 6.20 Å². The second-order valence-electron chi connectivity index (χ2n) is 4.46. The number of carbonyl (C=O) groups is 1. The fourth-order valence-electron chi connectivity index (χ4n) is 2.14. The van der Waals surface area contributed by atoms with Crippen LogP contribution in [-0.2, 0) is 11.2 Å². The molecule has 2 rings (SSSR count). The van der Waals surface area contributed by atoms with Crippen LogP contribution >= 0.6 is 0 Å². The van der Waals surface area contributed by atoms with Gasteiger partial charge in [0.25, 0.3) is 0 Å². The van der Waals surface area contributed by atoms with E-state index in [1.165, 1.54) is 0 Å². The first-order valence-corrected chi connectivity index (χ1v) is 6.17. The zero-order chi connectivity index (χ0) is 12.1. The van der Waals surface area contributed by atoms with Gasteiger partial charge in [0, 0.05) is 44.0 Å². The Morgan fingerprint density at radius 2 is 2.47 bits per heavy atom. The molecule has 4 nitrogen and oxygen atoms in total. The number of carbonyl (C=O) groups excluding carboxylic acids is 1. The lowest BCUT2D eigenvalue weighted by atomic mass is 10.1. The lowest BCUT2D eigenvalue weighted by Crippen LogP contribution is -2.52. The third-order valence-electron chi connectivity index (χ3n) is 3.14. The first-order valence-electron chi connectivity index (χ1n) is 6.17. The summed E-state index contributed by atoms with van der Waals surface area (Å²) >= 11 is 0. The molecule has 2 heterocycles. The van der Waals surface area contributed by atoms with Crippen LogP contribution in [0.15, 0.2) is 24.4 Å². The van der Waals surface area contributed by atoms with Crippen LogP contribution in [0.4, 0.5) is 0 Å². The third kappa shape index (κ3) is 3.27. The van der Waals surface area contributed by atoms with E-state index in [1.807, 2.05) is 23.1 Å². The molecule has 0 saturated carbocycles. The van der Waals surface area contributed by atoms with Gasteiger partial charge in [0.1, 0.15) is 0 Å². The second kappa shape index (κ2) is 5.77. The molecule has 1 atom stereocenters. The summed E-state index contributed by atoms with van der Waals surface area (Å²) in [4.78, 5) is 18.3. The number of nitrogens with zero attached hydrogens (tertiary/aromatic N) is 2. The van der Waals surface area contributed by atoms with E-state index in [2.05, 4.69) is 17.2 Å². The van der Waals surface area contributed by atoms with E-state index in [-0.39, 0.29) is 5.91 Å². The third-order valence-corrected chi connectivity index (χ3v) is 3.14. The van der Waals surface area contributed by atoms with E-state index in [4.69, 9.17) is 0 Å². The van der Waals surface area contributed by atoms with Crippen LogP contribution in [0.2, 0.25) is 0 Å². The number of amides is 1. The fourth-order valence-corrected chi connectivity index (χ4v) is 2.14. The minimum atomic E-state index is 0.240. The Kier molecular flexibility index (Phi) is 4.09. The van der Waals surface area contributed by atoms with E-state index in [9.17, 15) is 4.79 Å². The number of hydrogen-bond donors (Lipinski definition) is 1. The van der Waals surface area contributed by atoms with Gasteiger partial charge in [0.15, 0.2) is 0 Å². The maximum absolute atomic E-state index is 12.1. The Balaban J connectivity index is 1.84. The van der Waals surface area contributed by atoms with Crippen molar-refractivity contribution in [2.75, 3.05) is 19.6 Å². The molecule has 1 aliphatic heterocycles. The van der Waals surface area contributed by atoms with Crippen LogP contribution in [-0.4, -0.2) is 41.5 Å². The standard InChI is InChI=1S/C13H19N3O/c1-11-10-14-8-9-16(11)13(17)6-5-12-4-2-3-7-15-12/h2-4,7,11,14H,5-6,8-10H2,1H3. The van der Waals surface area contributed by atoms with Crippen LogP contribution in [0.25, 0.3) is 0 Å². The normalized spacial score (nSPS) is 20.3. The molecule has 1 amide bonds. The van der Waals surface area contributed by atoms with Gasteiger partial charge in [-0.25, -0.2) is 0 Å². The van der Waals surface area contributed by atoms with Gasteiger partial charge in [0.2, 0.25) is 5.91 Å². The molecule has 0 bridgehead atoms. The molecule has 1 fully saturated rings. The number of rotatable bonds is 3. The Morgan fingerprint density at radius 1 is 1.59 bits per heavy atom. The predicted molar refractivity (Wildman–Crippen MR) is 66.6 cm³/mol. The lowest BCUT2D eigenvalue weighted by Gasteiger charge is -2.34. The maximum Gasteiger partial charge on any atom is 0.223 e. The van der Waals surface area contributed by atoms with Crippen LogP contribution in [0, 0.1) is 0 Å². The largest absolute Gasteiger partial charge is 0.337 e. The molecule has 1 N–H and O–H groups in total. The number of hydrogen-bond acceptors (Lipinski definition) is 3. The molecule has 0 spiro atoms. The van der Waals surface area contributed by atoms with Crippen molar-refractivity contribution in [1.82, 2.24) is 15.2 Å². The predicted octanol–water partition coefficient (Wildman–Crippen LogP) is 0.834. The fraction of sp³-hybridized carbons (Fsp3) is 0.538. The van der Waals surface area contributed by atoms with Gasteiger partial charge in [-0.15, -0.1) is 0 Å². The summed E-state index contributed by atoms with van der Waals surface area (Å²) in [5.41, 5.74) is 0.989. The van der Waals surface area contributed by atoms with Gasteiger partial charge in [0.05, 0.1) is 0 Å². The molecule has 1 aromatic heterocycles. The molecular weight excluding hydrogens is 214 g/mol. The SMILES string of the molecule is CC1CNCCN1C(=O)CCc1ccccn1. The first kappa shape index (κ1) is 12.0. The molecule has 4 heteroatoms. The lowest BCUT2D eigenvalue weighted by molar-refractivity contribution is -0.133. The average molecular weight is 233 g/mol. The van der Waals surface area contributed by atoms with Crippen LogP contribution in [0.3, 0.4) is 0 Å². The van der Waals surface area contributed by atoms with Gasteiger partial charge >= 0.3 is 0 Å². The summed E-state index contributed by atoms with van der Waals surface area (Å²) in [5.74, 6) is 0.240. The number of aromatic nitrogens is 1. The number of aryl methyl sites for hydroxylation is 1. The van der Waals surface area contributed by atoms with E-state index >= 15 is 0 Å². The zero-order valence-corrected chi connectivity index (χ0v) is 10.2. The number of nitrogens with one attached hydrogen (secondary N) is 1. The van der Waals surface area contributed by atoms with E-state index < -0.39 is 0 Å². The molecule has 0 aliphatic carbocycles. The number of piperazine rings is 1. The summed E-state index contributed by atoms with van der Waals surface area (Å²) in [6.07, 6.45) is 3.06. The van der Waals surface area contributed by atoms with Crippen molar-refractivity contribution in [2.24, 2.45) is 0 Å². The number of pyridine rings is 1. The molecule has 1 aromatic rings. The van der Waals surface area contributed by atoms with Gasteiger partial charge < -0.3 is 10.2 Å². The summed E-state index contributed by atoms with van der Waals surface area (Å²) in [7, 11) is 0. The molecule has 1 unspecified atom stereocenters. The van der Waals surface area contributed by atoms with Gasteiger partial charge in [-0.1, -0.05) is 6.07 Å². The highest BCUT2D eigenvalue weighted by atomic mass is 16.2. The van der Waals surface area contributed by atoms with Crippen LogP contribution in [0.5, 0.6) is 0 Å². The summed E-state index contributed by atoms with van der Waals surface area (Å²) < 4.78 is 0. The van der Waals surface area contributed by atoms with Crippen molar-refractivity contribution in [1.29, 1.82) is 0 Å². The monoisotopic (exact) mass is 233 g/mol. The Labute approximate surface area is 102 Å². The van der Waals surface area contributed by atoms with Crippen LogP contribution in [0.1, 0.15) is 19.0 Å². The molecule has 0 aromatic carbocycles. The minimum Gasteiger partial charge on any atom is -0.337 e. The molecule has 1 saturated heterocycles. The van der Waals surface area contributed by atoms with E-state index in [0.717, 1.165) is 31.7 Å². The highest BCUT2D eigenvalue weighted by Crippen LogP contribution is 2.07. The van der Waals surface area contributed by atoms with Crippen molar-refractivity contribution in [3.63, 3.8) is 0 Å². The molecule has 0 radical (unpaired) electrons. The van der Waals surface area contributed by atoms with Crippen molar-refractivity contribution in [3.8, 4) is 0 Å². The van der Waals surface area contributed by atoms with Gasteiger partial charge in [-0.3, -0.25) is 9.78 Å². The van der Waals surface area contributed by atoms with Gasteiger partial charge in [-0.05, 0) is 25.5 Å². The Morgan fingerprint density at radius 3 is 3.18 bits per heavy atom. The summed E-state index contributed by atoms with van der Waals surface area (Å²) in [6.45, 7) is 4.71.